The molecule has 0 bridgehead atoms. The van der Waals surface area contributed by atoms with Crippen LogP contribution in [0.1, 0.15) is 18.1 Å². The van der Waals surface area contributed by atoms with Crippen LogP contribution in [0.25, 0.3) is 10.1 Å². The van der Waals surface area contributed by atoms with Crippen molar-refractivity contribution in [3.63, 3.8) is 0 Å². The lowest BCUT2D eigenvalue weighted by atomic mass is 10.1. The van der Waals surface area contributed by atoms with Gasteiger partial charge in [0.15, 0.2) is 0 Å². The molecule has 0 atom stereocenters. The molecule has 0 saturated carbocycles. The molecule has 1 heterocycles. The van der Waals surface area contributed by atoms with Crippen LogP contribution in [0.2, 0.25) is 0 Å². The summed E-state index contributed by atoms with van der Waals surface area (Å²) in [6, 6.07) is 6.62. The van der Waals surface area contributed by atoms with Gasteiger partial charge in [0.1, 0.15) is 0 Å². The lowest BCUT2D eigenvalue weighted by Gasteiger charge is -1.98. The summed E-state index contributed by atoms with van der Waals surface area (Å²) in [6.45, 7) is 2.18. The number of halogens is 1. The fraction of sp³-hybridized carbons (Fsp3) is 0.273. The molecule has 0 aliphatic carbocycles. The normalized spacial score (nSPS) is 11.1. The van der Waals surface area contributed by atoms with Crippen LogP contribution < -0.4 is 0 Å². The number of thiol groups is 1. The second-order valence-electron chi connectivity index (χ2n) is 3.20. The van der Waals surface area contributed by atoms with Gasteiger partial charge in [-0.1, -0.05) is 28.9 Å². The number of thiophene rings is 1. The van der Waals surface area contributed by atoms with Crippen LogP contribution in [0, 0.1) is 0 Å². The minimum atomic E-state index is 0.920. The summed E-state index contributed by atoms with van der Waals surface area (Å²) in [5, 5.41) is 2.29. The summed E-state index contributed by atoms with van der Waals surface area (Å²) >= 11 is 9.76. The fourth-order valence-electron chi connectivity index (χ4n) is 1.61. The van der Waals surface area contributed by atoms with E-state index in [0.29, 0.717) is 0 Å². The van der Waals surface area contributed by atoms with Gasteiger partial charge in [0.2, 0.25) is 0 Å². The molecule has 0 N–H and O–H groups in total. The first kappa shape index (κ1) is 10.5. The van der Waals surface area contributed by atoms with Gasteiger partial charge in [-0.3, -0.25) is 0 Å². The molecule has 0 aliphatic rings. The van der Waals surface area contributed by atoms with E-state index in [2.05, 4.69) is 53.7 Å². The minimum absolute atomic E-state index is 0.920. The first-order chi connectivity index (χ1) is 6.76. The number of alkyl halides is 1. The number of benzene rings is 1. The predicted octanol–water partition coefficient (Wildman–Crippen LogP) is 4.65. The maximum atomic E-state index is 4.51. The molecule has 1 aromatic heterocycles. The third kappa shape index (κ3) is 1.73. The molecule has 14 heavy (non-hydrogen) atoms. The molecule has 0 saturated heterocycles. The Morgan fingerprint density at radius 2 is 2.21 bits per heavy atom. The Kier molecular flexibility index (Phi) is 3.20. The van der Waals surface area contributed by atoms with Gasteiger partial charge in [-0.15, -0.1) is 24.0 Å². The Labute approximate surface area is 102 Å². The summed E-state index contributed by atoms with van der Waals surface area (Å²) in [5.74, 6) is 0. The van der Waals surface area contributed by atoms with E-state index in [0.717, 1.165) is 16.0 Å². The standard InChI is InChI=1S/C11H11BrS2/c1-2-8-9-5-7(6-12)3-4-10(9)14-11(8)13/h3-5,13H,2,6H2,1H3. The van der Waals surface area contributed by atoms with Crippen LogP contribution in [0.3, 0.4) is 0 Å². The van der Waals surface area contributed by atoms with E-state index in [1.165, 1.54) is 21.2 Å². The highest BCUT2D eigenvalue weighted by atomic mass is 79.9. The second-order valence-corrected chi connectivity index (χ2v) is 5.57. The Morgan fingerprint density at radius 3 is 2.86 bits per heavy atom. The molecule has 0 amide bonds. The smallest absolute Gasteiger partial charge is 0.0612 e. The molecular formula is C11H11BrS2. The summed E-state index contributed by atoms with van der Waals surface area (Å²) in [4.78, 5) is 0. The van der Waals surface area contributed by atoms with Crippen molar-refractivity contribution in [1.82, 2.24) is 0 Å². The average molecular weight is 287 g/mol. The number of hydrogen-bond acceptors (Lipinski definition) is 2. The SMILES string of the molecule is CCc1c(S)sc2ccc(CBr)cc12. The molecule has 2 rings (SSSR count). The van der Waals surface area contributed by atoms with Crippen LogP contribution in [-0.4, -0.2) is 0 Å². The molecule has 0 spiro atoms. The highest BCUT2D eigenvalue weighted by Crippen LogP contribution is 2.34. The van der Waals surface area contributed by atoms with Gasteiger partial charge in [-0.2, -0.15) is 0 Å². The van der Waals surface area contributed by atoms with Gasteiger partial charge in [0.05, 0.1) is 4.21 Å². The molecule has 0 nitrogen and oxygen atoms in total. The van der Waals surface area contributed by atoms with Gasteiger partial charge >= 0.3 is 0 Å². The van der Waals surface area contributed by atoms with E-state index in [1.54, 1.807) is 11.3 Å². The predicted molar refractivity (Wildman–Crippen MR) is 71.1 cm³/mol. The van der Waals surface area contributed by atoms with Crippen LogP contribution in [0.4, 0.5) is 0 Å². The first-order valence-corrected chi connectivity index (χ1v) is 6.94. The summed E-state index contributed by atoms with van der Waals surface area (Å²) in [7, 11) is 0. The van der Waals surface area contributed by atoms with Crippen molar-refractivity contribution >= 4 is 50.0 Å². The number of fused-ring (bicyclic) bond motifs is 1. The van der Waals surface area contributed by atoms with Crippen molar-refractivity contribution in [2.75, 3.05) is 0 Å². The monoisotopic (exact) mass is 286 g/mol. The lowest BCUT2D eigenvalue weighted by molar-refractivity contribution is 1.13. The third-order valence-electron chi connectivity index (χ3n) is 2.34. The third-order valence-corrected chi connectivity index (χ3v) is 4.55. The zero-order chi connectivity index (χ0) is 10.1. The van der Waals surface area contributed by atoms with Gasteiger partial charge in [0.25, 0.3) is 0 Å². The summed E-state index contributed by atoms with van der Waals surface area (Å²) in [5.41, 5.74) is 2.72. The molecule has 0 radical (unpaired) electrons. The van der Waals surface area contributed by atoms with E-state index in [9.17, 15) is 0 Å². The minimum Gasteiger partial charge on any atom is -0.133 e. The van der Waals surface area contributed by atoms with E-state index < -0.39 is 0 Å². The molecule has 3 heteroatoms. The van der Waals surface area contributed by atoms with Gasteiger partial charge in [-0.25, -0.2) is 0 Å². The summed E-state index contributed by atoms with van der Waals surface area (Å²) < 4.78 is 2.51. The highest BCUT2D eigenvalue weighted by Gasteiger charge is 2.07. The quantitative estimate of drug-likeness (QED) is 0.603. The van der Waals surface area contributed by atoms with Crippen LogP contribution in [-0.2, 0) is 11.8 Å². The van der Waals surface area contributed by atoms with Gasteiger partial charge in [0, 0.05) is 10.0 Å². The Hall–Kier alpha value is 0.01000. The van der Waals surface area contributed by atoms with E-state index in [4.69, 9.17) is 0 Å². The highest BCUT2D eigenvalue weighted by molar-refractivity contribution is 9.08. The molecule has 2 aromatic rings. The summed E-state index contributed by atoms with van der Waals surface area (Å²) in [6.07, 6.45) is 1.06. The zero-order valence-corrected chi connectivity index (χ0v) is 11.2. The van der Waals surface area contributed by atoms with E-state index in [1.807, 2.05) is 0 Å². The van der Waals surface area contributed by atoms with Crippen molar-refractivity contribution in [2.45, 2.75) is 22.9 Å². The van der Waals surface area contributed by atoms with Crippen molar-refractivity contribution in [3.05, 3.63) is 29.3 Å². The molecule has 1 aromatic carbocycles. The maximum Gasteiger partial charge on any atom is 0.0612 e. The molecule has 0 aliphatic heterocycles. The molecular weight excluding hydrogens is 276 g/mol. The first-order valence-electron chi connectivity index (χ1n) is 4.55. The number of aryl methyl sites for hydroxylation is 1. The molecule has 74 valence electrons. The van der Waals surface area contributed by atoms with E-state index >= 15 is 0 Å². The van der Waals surface area contributed by atoms with Gasteiger partial charge in [-0.05, 0) is 35.1 Å². The van der Waals surface area contributed by atoms with Crippen molar-refractivity contribution < 1.29 is 0 Å². The van der Waals surface area contributed by atoms with Crippen LogP contribution in [0.15, 0.2) is 22.4 Å². The van der Waals surface area contributed by atoms with Crippen molar-refractivity contribution in [3.8, 4) is 0 Å². The van der Waals surface area contributed by atoms with Crippen LogP contribution >= 0.6 is 39.9 Å². The molecule has 0 fully saturated rings. The number of hydrogen-bond donors (Lipinski definition) is 1. The van der Waals surface area contributed by atoms with E-state index in [-0.39, 0.29) is 0 Å². The largest absolute Gasteiger partial charge is 0.133 e. The Bertz CT molecular complexity index is 460. The topological polar surface area (TPSA) is 0 Å². The van der Waals surface area contributed by atoms with Crippen molar-refractivity contribution in [1.29, 1.82) is 0 Å². The average Bonchev–Trinajstić information content (AvgIpc) is 2.52. The maximum absolute atomic E-state index is 4.51. The molecule has 0 unspecified atom stereocenters. The Morgan fingerprint density at radius 1 is 1.43 bits per heavy atom. The Balaban J connectivity index is 2.71. The fourth-order valence-corrected chi connectivity index (χ4v) is 3.54. The van der Waals surface area contributed by atoms with Gasteiger partial charge < -0.3 is 0 Å². The lowest BCUT2D eigenvalue weighted by Crippen LogP contribution is -1.80. The second kappa shape index (κ2) is 4.25. The van der Waals surface area contributed by atoms with Crippen LogP contribution in [0.5, 0.6) is 0 Å². The zero-order valence-electron chi connectivity index (χ0n) is 7.88. The van der Waals surface area contributed by atoms with Crippen molar-refractivity contribution in [2.24, 2.45) is 0 Å². The number of rotatable bonds is 2.